The summed E-state index contributed by atoms with van der Waals surface area (Å²) in [6.07, 6.45) is 9.17. The predicted molar refractivity (Wildman–Crippen MR) is 125 cm³/mol. The average Bonchev–Trinajstić information content (AvgIpc) is 3.39. The zero-order valence-corrected chi connectivity index (χ0v) is 18.9. The molecule has 2 fully saturated rings. The second kappa shape index (κ2) is 7.42. The number of hydrogen-bond donors (Lipinski definition) is 1. The van der Waals surface area contributed by atoms with Gasteiger partial charge in [0.05, 0.1) is 22.2 Å². The van der Waals surface area contributed by atoms with Crippen LogP contribution in [0.15, 0.2) is 28.0 Å². The molecule has 156 valence electrons. The Hall–Kier alpha value is -2.32. The standard InChI is InChI=1S/C22H25N5OS2/c1-12(10-24-20-13(2)11-27(3)26-20)17-9-16(14-7-8-14)18-19(23)22(29-21(18)25-17)30(28)15-5-4-6-15/h9-11,14-15H,1,4-8,23H2,2-3H3. The van der Waals surface area contributed by atoms with Crippen LogP contribution in [0.1, 0.15) is 54.8 Å². The Morgan fingerprint density at radius 1 is 1.40 bits per heavy atom. The van der Waals surface area contributed by atoms with Gasteiger partial charge in [-0.25, -0.2) is 9.98 Å². The number of pyridine rings is 1. The summed E-state index contributed by atoms with van der Waals surface area (Å²) in [5.41, 5.74) is 10.9. The largest absolute Gasteiger partial charge is 0.396 e. The summed E-state index contributed by atoms with van der Waals surface area (Å²) in [4.78, 5) is 10.2. The van der Waals surface area contributed by atoms with Crippen molar-refractivity contribution >= 4 is 55.6 Å². The third kappa shape index (κ3) is 3.41. The molecule has 0 spiro atoms. The van der Waals surface area contributed by atoms with E-state index in [9.17, 15) is 4.21 Å². The van der Waals surface area contributed by atoms with Gasteiger partial charge in [-0.3, -0.25) is 8.89 Å². The topological polar surface area (TPSA) is 86.2 Å². The van der Waals surface area contributed by atoms with Gasteiger partial charge in [0.2, 0.25) is 0 Å². The molecule has 3 aromatic rings. The summed E-state index contributed by atoms with van der Waals surface area (Å²) in [6.45, 7) is 6.17. The quantitative estimate of drug-likeness (QED) is 0.555. The first-order valence-corrected chi connectivity index (χ1v) is 12.3. The van der Waals surface area contributed by atoms with Crippen molar-refractivity contribution < 1.29 is 4.21 Å². The molecule has 8 heteroatoms. The third-order valence-corrected chi connectivity index (χ3v) is 9.21. The minimum Gasteiger partial charge on any atom is -0.396 e. The van der Waals surface area contributed by atoms with Crippen molar-refractivity contribution in [1.29, 1.82) is 0 Å². The molecule has 1 unspecified atom stereocenters. The molecule has 6 nitrogen and oxygen atoms in total. The van der Waals surface area contributed by atoms with Crippen molar-refractivity contribution in [3.05, 3.63) is 35.7 Å². The van der Waals surface area contributed by atoms with Gasteiger partial charge in [-0.05, 0) is 50.2 Å². The Labute approximate surface area is 182 Å². The highest BCUT2D eigenvalue weighted by Gasteiger charge is 2.32. The highest BCUT2D eigenvalue weighted by atomic mass is 32.2. The summed E-state index contributed by atoms with van der Waals surface area (Å²) < 4.78 is 15.5. The number of fused-ring (bicyclic) bond motifs is 1. The highest BCUT2D eigenvalue weighted by Crippen LogP contribution is 2.48. The van der Waals surface area contributed by atoms with Crippen LogP contribution in [-0.2, 0) is 17.8 Å². The maximum Gasteiger partial charge on any atom is 0.176 e. The van der Waals surface area contributed by atoms with Crippen LogP contribution in [0.3, 0.4) is 0 Å². The molecule has 0 aliphatic heterocycles. The van der Waals surface area contributed by atoms with Gasteiger partial charge in [-0.2, -0.15) is 5.10 Å². The van der Waals surface area contributed by atoms with Crippen molar-refractivity contribution in [2.24, 2.45) is 12.0 Å². The Bertz CT molecular complexity index is 1210. The molecule has 5 rings (SSSR count). The van der Waals surface area contributed by atoms with Crippen molar-refractivity contribution in [2.75, 3.05) is 5.73 Å². The molecular formula is C22H25N5OS2. The molecule has 30 heavy (non-hydrogen) atoms. The summed E-state index contributed by atoms with van der Waals surface area (Å²) in [7, 11) is 0.841. The Balaban J connectivity index is 1.53. The van der Waals surface area contributed by atoms with Gasteiger partial charge < -0.3 is 5.73 Å². The van der Waals surface area contributed by atoms with E-state index in [0.29, 0.717) is 17.4 Å². The van der Waals surface area contributed by atoms with Gasteiger partial charge in [-0.15, -0.1) is 11.3 Å². The van der Waals surface area contributed by atoms with E-state index in [1.165, 1.54) is 16.9 Å². The summed E-state index contributed by atoms with van der Waals surface area (Å²) in [5.74, 6) is 1.18. The molecular weight excluding hydrogens is 414 g/mol. The summed E-state index contributed by atoms with van der Waals surface area (Å²) in [5, 5.41) is 5.60. The van der Waals surface area contributed by atoms with Gasteiger partial charge in [0.25, 0.3) is 0 Å². The van der Waals surface area contributed by atoms with E-state index >= 15 is 0 Å². The number of allylic oxidation sites excluding steroid dienone is 1. The number of thiophene rings is 1. The molecule has 0 aromatic carbocycles. The van der Waals surface area contributed by atoms with Crippen molar-refractivity contribution in [3.63, 3.8) is 0 Å². The fourth-order valence-electron chi connectivity index (χ4n) is 3.82. The van der Waals surface area contributed by atoms with E-state index in [0.717, 1.165) is 63.4 Å². The van der Waals surface area contributed by atoms with Gasteiger partial charge in [0.1, 0.15) is 9.04 Å². The molecule has 0 saturated heterocycles. The van der Waals surface area contributed by atoms with Crippen LogP contribution in [0.4, 0.5) is 11.5 Å². The van der Waals surface area contributed by atoms with Crippen LogP contribution in [0, 0.1) is 6.92 Å². The second-order valence-corrected chi connectivity index (χ2v) is 11.2. The number of rotatable bonds is 6. The summed E-state index contributed by atoms with van der Waals surface area (Å²) >= 11 is 1.48. The van der Waals surface area contributed by atoms with E-state index < -0.39 is 10.8 Å². The lowest BCUT2D eigenvalue weighted by molar-refractivity contribution is 0.505. The smallest absolute Gasteiger partial charge is 0.176 e. The SMILES string of the molecule is C=C(C=Nc1nn(C)cc1C)c1cc(C2CC2)c2c(N)c(S(=O)C3CCC3)sc2n1. The molecule has 0 amide bonds. The lowest BCUT2D eigenvalue weighted by atomic mass is 10.0. The van der Waals surface area contributed by atoms with Crippen LogP contribution in [0.2, 0.25) is 0 Å². The lowest BCUT2D eigenvalue weighted by Gasteiger charge is -2.23. The number of anilines is 1. The maximum atomic E-state index is 13.0. The highest BCUT2D eigenvalue weighted by molar-refractivity contribution is 7.88. The van der Waals surface area contributed by atoms with E-state index in [1.807, 2.05) is 20.2 Å². The van der Waals surface area contributed by atoms with Gasteiger partial charge in [0.15, 0.2) is 5.82 Å². The molecule has 2 aliphatic rings. The van der Waals surface area contributed by atoms with Crippen LogP contribution >= 0.6 is 11.3 Å². The Kier molecular flexibility index (Phi) is 4.86. The molecule has 2 saturated carbocycles. The monoisotopic (exact) mass is 439 g/mol. The normalized spacial score (nSPS) is 18.2. The Morgan fingerprint density at radius 3 is 2.77 bits per heavy atom. The van der Waals surface area contributed by atoms with Crippen LogP contribution < -0.4 is 5.73 Å². The van der Waals surface area contributed by atoms with Gasteiger partial charge in [-0.1, -0.05) is 13.0 Å². The van der Waals surface area contributed by atoms with Crippen molar-refractivity contribution in [2.45, 2.75) is 54.4 Å². The number of nitrogen functional groups attached to an aromatic ring is 1. The zero-order chi connectivity index (χ0) is 21.0. The first-order chi connectivity index (χ1) is 14.4. The molecule has 2 aliphatic carbocycles. The van der Waals surface area contributed by atoms with Gasteiger partial charge in [0, 0.05) is 41.2 Å². The molecule has 2 N–H and O–H groups in total. The number of aryl methyl sites for hydroxylation is 2. The summed E-state index contributed by atoms with van der Waals surface area (Å²) in [6, 6.07) is 2.10. The fourth-order valence-corrected chi connectivity index (χ4v) is 7.04. The number of nitrogens with zero attached hydrogens (tertiary/aromatic N) is 4. The predicted octanol–water partition coefficient (Wildman–Crippen LogP) is 4.87. The van der Waals surface area contributed by atoms with E-state index in [4.69, 9.17) is 10.7 Å². The Morgan fingerprint density at radius 2 is 2.17 bits per heavy atom. The fraction of sp³-hybridized carbons (Fsp3) is 0.409. The first kappa shape index (κ1) is 19.6. The van der Waals surface area contributed by atoms with E-state index in [-0.39, 0.29) is 5.25 Å². The van der Waals surface area contributed by atoms with E-state index in [2.05, 4.69) is 22.7 Å². The minimum absolute atomic E-state index is 0.243. The third-order valence-electron chi connectivity index (χ3n) is 5.91. The molecule has 0 radical (unpaired) electrons. The number of aromatic nitrogens is 3. The second-order valence-electron chi connectivity index (χ2n) is 8.30. The van der Waals surface area contributed by atoms with Crippen LogP contribution in [0.5, 0.6) is 0 Å². The van der Waals surface area contributed by atoms with Crippen LogP contribution in [-0.4, -0.2) is 30.4 Å². The number of hydrogen-bond acceptors (Lipinski definition) is 6. The average molecular weight is 440 g/mol. The molecule has 3 aromatic heterocycles. The number of aliphatic imine (C=N–C) groups is 1. The minimum atomic E-state index is -1.04. The molecule has 1 atom stereocenters. The lowest BCUT2D eigenvalue weighted by Crippen LogP contribution is -2.23. The maximum absolute atomic E-state index is 13.0. The van der Waals surface area contributed by atoms with Crippen molar-refractivity contribution in [1.82, 2.24) is 14.8 Å². The first-order valence-electron chi connectivity index (χ1n) is 10.3. The van der Waals surface area contributed by atoms with Crippen LogP contribution in [0.25, 0.3) is 15.8 Å². The molecule has 0 bridgehead atoms. The van der Waals surface area contributed by atoms with E-state index in [1.54, 1.807) is 10.9 Å². The van der Waals surface area contributed by atoms with Gasteiger partial charge >= 0.3 is 0 Å². The van der Waals surface area contributed by atoms with Crippen molar-refractivity contribution in [3.8, 4) is 0 Å². The number of nitrogens with two attached hydrogens (primary N) is 1. The zero-order valence-electron chi connectivity index (χ0n) is 17.2. The molecule has 3 heterocycles.